The molecule has 104 valence electrons. The molecular weight excluding hydrogens is 333 g/mol. The van der Waals surface area contributed by atoms with Gasteiger partial charge in [0.2, 0.25) is 0 Å². The molecule has 0 saturated heterocycles. The van der Waals surface area contributed by atoms with Crippen LogP contribution in [0.4, 0.5) is 10.1 Å². The molecule has 2 N–H and O–H groups in total. The minimum atomic E-state index is -1.04. The Kier molecular flexibility index (Phi) is 4.14. The highest BCUT2D eigenvalue weighted by Gasteiger charge is 2.12. The summed E-state index contributed by atoms with van der Waals surface area (Å²) < 4.78 is 14.7. The van der Waals surface area contributed by atoms with E-state index in [1.807, 2.05) is 0 Å². The average Bonchev–Trinajstić information content (AvgIpc) is 2.78. The number of nitrogens with one attached hydrogen (secondary N) is 1. The van der Waals surface area contributed by atoms with Gasteiger partial charge in [-0.3, -0.25) is 14.3 Å². The van der Waals surface area contributed by atoms with Crippen LogP contribution in [-0.2, 0) is 11.3 Å². The minimum absolute atomic E-state index is 0.135. The summed E-state index contributed by atoms with van der Waals surface area (Å²) in [5, 5.41) is 14.9. The van der Waals surface area contributed by atoms with Crippen LogP contribution in [-0.4, -0.2) is 26.8 Å². The number of aromatic nitrogens is 2. The Balaban J connectivity index is 2.13. The molecule has 6 nitrogen and oxygen atoms in total. The van der Waals surface area contributed by atoms with Crippen LogP contribution >= 0.6 is 15.9 Å². The Morgan fingerprint density at radius 1 is 1.45 bits per heavy atom. The number of amides is 1. The van der Waals surface area contributed by atoms with Crippen molar-refractivity contribution in [3.05, 3.63) is 46.4 Å². The van der Waals surface area contributed by atoms with Gasteiger partial charge in [-0.15, -0.1) is 0 Å². The number of carboxylic acids is 1. The third-order valence-electron chi connectivity index (χ3n) is 2.36. The second-order valence-corrected chi connectivity index (χ2v) is 4.75. The number of aliphatic carboxylic acids is 1. The van der Waals surface area contributed by atoms with Crippen molar-refractivity contribution in [3.8, 4) is 0 Å². The fourth-order valence-electron chi connectivity index (χ4n) is 1.52. The second-order valence-electron chi connectivity index (χ2n) is 3.90. The molecule has 0 aliphatic carbocycles. The first-order valence-corrected chi connectivity index (χ1v) is 6.25. The van der Waals surface area contributed by atoms with Crippen molar-refractivity contribution in [3.63, 3.8) is 0 Å². The lowest BCUT2D eigenvalue weighted by Gasteiger charge is -2.04. The standard InChI is InChI=1S/C12H9BrFN3O3/c13-10-2-1-7(14)3-9(10)12(20)16-8-4-15-17(5-8)6-11(18)19/h1-5H,6H2,(H,16,20)(H,18,19). The predicted molar refractivity (Wildman–Crippen MR) is 71.9 cm³/mol. The van der Waals surface area contributed by atoms with E-state index in [1.54, 1.807) is 0 Å². The van der Waals surface area contributed by atoms with E-state index in [0.29, 0.717) is 10.2 Å². The zero-order valence-electron chi connectivity index (χ0n) is 10.0. The van der Waals surface area contributed by atoms with E-state index in [2.05, 4.69) is 26.3 Å². The van der Waals surface area contributed by atoms with Crippen molar-refractivity contribution in [2.24, 2.45) is 0 Å². The summed E-state index contributed by atoms with van der Waals surface area (Å²) in [5.41, 5.74) is 0.461. The lowest BCUT2D eigenvalue weighted by atomic mass is 10.2. The van der Waals surface area contributed by atoms with Crippen molar-refractivity contribution in [2.45, 2.75) is 6.54 Å². The van der Waals surface area contributed by atoms with Crippen molar-refractivity contribution < 1.29 is 19.1 Å². The zero-order valence-corrected chi connectivity index (χ0v) is 11.6. The highest BCUT2D eigenvalue weighted by Crippen LogP contribution is 2.19. The predicted octanol–water partition coefficient (Wildman–Crippen LogP) is 2.12. The number of benzene rings is 1. The number of carbonyl (C=O) groups is 2. The number of nitrogens with zero attached hydrogens (tertiary/aromatic N) is 2. The maximum absolute atomic E-state index is 13.1. The summed E-state index contributed by atoms with van der Waals surface area (Å²) in [6.45, 7) is -0.306. The summed E-state index contributed by atoms with van der Waals surface area (Å²) in [7, 11) is 0. The van der Waals surface area contributed by atoms with Crippen LogP contribution in [0.3, 0.4) is 0 Å². The quantitative estimate of drug-likeness (QED) is 0.892. The van der Waals surface area contributed by atoms with Crippen LogP contribution < -0.4 is 5.32 Å². The van der Waals surface area contributed by atoms with E-state index in [0.717, 1.165) is 6.07 Å². The van der Waals surface area contributed by atoms with E-state index in [9.17, 15) is 14.0 Å². The number of halogens is 2. The van der Waals surface area contributed by atoms with Crippen LogP contribution in [0.1, 0.15) is 10.4 Å². The Hall–Kier alpha value is -2.22. The molecule has 0 bridgehead atoms. The first-order valence-electron chi connectivity index (χ1n) is 5.46. The fraction of sp³-hybridized carbons (Fsp3) is 0.0833. The first-order chi connectivity index (χ1) is 9.45. The van der Waals surface area contributed by atoms with E-state index in [-0.39, 0.29) is 12.1 Å². The molecule has 2 rings (SSSR count). The van der Waals surface area contributed by atoms with Crippen LogP contribution in [0.2, 0.25) is 0 Å². The molecule has 2 aromatic rings. The summed E-state index contributed by atoms with van der Waals surface area (Å²) in [6.07, 6.45) is 2.69. The van der Waals surface area contributed by atoms with Crippen molar-refractivity contribution in [2.75, 3.05) is 5.32 Å². The van der Waals surface area contributed by atoms with Crippen molar-refractivity contribution >= 4 is 33.5 Å². The van der Waals surface area contributed by atoms with Gasteiger partial charge >= 0.3 is 5.97 Å². The largest absolute Gasteiger partial charge is 0.480 e. The lowest BCUT2D eigenvalue weighted by Crippen LogP contribution is -2.13. The molecule has 0 saturated carbocycles. The monoisotopic (exact) mass is 341 g/mol. The number of anilines is 1. The molecule has 1 aromatic heterocycles. The van der Waals surface area contributed by atoms with E-state index >= 15 is 0 Å². The van der Waals surface area contributed by atoms with Gasteiger partial charge in [0.15, 0.2) is 0 Å². The fourth-order valence-corrected chi connectivity index (χ4v) is 1.95. The Bertz CT molecular complexity index is 672. The number of hydrogen-bond acceptors (Lipinski definition) is 3. The van der Waals surface area contributed by atoms with Gasteiger partial charge < -0.3 is 10.4 Å². The Morgan fingerprint density at radius 2 is 2.20 bits per heavy atom. The van der Waals surface area contributed by atoms with Crippen molar-refractivity contribution in [1.29, 1.82) is 0 Å². The van der Waals surface area contributed by atoms with E-state index < -0.39 is 17.7 Å². The van der Waals surface area contributed by atoms with Gasteiger partial charge in [-0.1, -0.05) is 0 Å². The lowest BCUT2D eigenvalue weighted by molar-refractivity contribution is -0.137. The van der Waals surface area contributed by atoms with Gasteiger partial charge in [-0.2, -0.15) is 5.10 Å². The SMILES string of the molecule is O=C(O)Cn1cc(NC(=O)c2cc(F)ccc2Br)cn1. The topological polar surface area (TPSA) is 84.2 Å². The number of hydrogen-bond donors (Lipinski definition) is 2. The second kappa shape index (κ2) is 5.83. The first kappa shape index (κ1) is 14.2. The van der Waals surface area contributed by atoms with Crippen molar-refractivity contribution in [1.82, 2.24) is 9.78 Å². The van der Waals surface area contributed by atoms with Crippen LogP contribution in [0.15, 0.2) is 35.1 Å². The van der Waals surface area contributed by atoms with Gasteiger partial charge in [0.05, 0.1) is 17.4 Å². The summed E-state index contributed by atoms with van der Waals surface area (Å²) in [5.74, 6) is -2.09. The summed E-state index contributed by atoms with van der Waals surface area (Å²) in [6, 6.07) is 3.75. The Morgan fingerprint density at radius 3 is 2.90 bits per heavy atom. The molecule has 0 spiro atoms. The number of carboxylic acid groups (broad SMARTS) is 1. The van der Waals surface area contributed by atoms with E-state index in [4.69, 9.17) is 5.11 Å². The highest BCUT2D eigenvalue weighted by atomic mass is 79.9. The third kappa shape index (κ3) is 3.41. The number of carbonyl (C=O) groups excluding carboxylic acids is 1. The maximum Gasteiger partial charge on any atom is 0.325 e. The molecule has 0 unspecified atom stereocenters. The van der Waals surface area contributed by atoms with Crippen LogP contribution in [0.5, 0.6) is 0 Å². The smallest absolute Gasteiger partial charge is 0.325 e. The molecule has 1 heterocycles. The molecule has 1 aromatic carbocycles. The van der Waals surface area contributed by atoms with E-state index in [1.165, 1.54) is 29.2 Å². The molecule has 0 aliphatic heterocycles. The maximum atomic E-state index is 13.1. The molecule has 0 radical (unpaired) electrons. The van der Waals surface area contributed by atoms with Crippen LogP contribution in [0, 0.1) is 5.82 Å². The van der Waals surface area contributed by atoms with Gasteiger partial charge in [0, 0.05) is 10.7 Å². The van der Waals surface area contributed by atoms with Crippen LogP contribution in [0.25, 0.3) is 0 Å². The molecule has 8 heteroatoms. The molecule has 0 aliphatic rings. The Labute approximate surface area is 121 Å². The normalized spacial score (nSPS) is 10.3. The van der Waals surface area contributed by atoms with Gasteiger partial charge in [0.1, 0.15) is 12.4 Å². The molecule has 1 amide bonds. The molecular formula is C12H9BrFN3O3. The zero-order chi connectivity index (χ0) is 14.7. The van der Waals surface area contributed by atoms with Gasteiger partial charge in [0.25, 0.3) is 5.91 Å². The molecule has 20 heavy (non-hydrogen) atoms. The molecule has 0 atom stereocenters. The average molecular weight is 342 g/mol. The third-order valence-corrected chi connectivity index (χ3v) is 3.05. The molecule has 0 fully saturated rings. The summed E-state index contributed by atoms with van der Waals surface area (Å²) in [4.78, 5) is 22.5. The summed E-state index contributed by atoms with van der Waals surface area (Å²) >= 11 is 3.16. The minimum Gasteiger partial charge on any atom is -0.480 e. The van der Waals surface area contributed by atoms with Gasteiger partial charge in [-0.25, -0.2) is 4.39 Å². The van der Waals surface area contributed by atoms with Gasteiger partial charge in [-0.05, 0) is 34.1 Å². The highest BCUT2D eigenvalue weighted by molar-refractivity contribution is 9.10. The number of rotatable bonds is 4.